The molecule has 160 valence electrons. The Morgan fingerprint density at radius 1 is 1.07 bits per heavy atom. The van der Waals surface area contributed by atoms with E-state index in [0.717, 1.165) is 31.1 Å². The molecule has 0 spiro atoms. The van der Waals surface area contributed by atoms with Crippen LogP contribution in [0.1, 0.15) is 96.8 Å². The SMILES string of the molecule is C[C@@]12CCC[C@H]1[C@@H]1CCC3=CC(=O)C(OC(=O)CCC4CCCC4)C[C@@H]3[C@H]1CC2. The van der Waals surface area contributed by atoms with Gasteiger partial charge in [-0.25, -0.2) is 0 Å². The van der Waals surface area contributed by atoms with Gasteiger partial charge in [0.15, 0.2) is 11.9 Å². The summed E-state index contributed by atoms with van der Waals surface area (Å²) in [6.07, 6.45) is 17.9. The number of allylic oxidation sites excluding steroid dienone is 1. The maximum Gasteiger partial charge on any atom is 0.306 e. The van der Waals surface area contributed by atoms with Crippen molar-refractivity contribution in [1.82, 2.24) is 0 Å². The van der Waals surface area contributed by atoms with Crippen LogP contribution in [0.5, 0.6) is 0 Å². The van der Waals surface area contributed by atoms with Crippen molar-refractivity contribution in [2.24, 2.45) is 35.0 Å². The molecule has 5 aliphatic rings. The highest BCUT2D eigenvalue weighted by Gasteiger charge is 2.53. The second-order valence-electron chi connectivity index (χ2n) is 11.2. The van der Waals surface area contributed by atoms with Gasteiger partial charge in [0.2, 0.25) is 0 Å². The lowest BCUT2D eigenvalue weighted by molar-refractivity contribution is -0.156. The third-order valence-corrected chi connectivity index (χ3v) is 9.65. The van der Waals surface area contributed by atoms with E-state index in [1.54, 1.807) is 0 Å². The Morgan fingerprint density at radius 2 is 1.90 bits per heavy atom. The van der Waals surface area contributed by atoms with Crippen molar-refractivity contribution < 1.29 is 14.3 Å². The molecule has 3 heteroatoms. The maximum absolute atomic E-state index is 12.7. The van der Waals surface area contributed by atoms with Gasteiger partial charge in [-0.05, 0) is 92.4 Å². The third-order valence-electron chi connectivity index (χ3n) is 9.65. The van der Waals surface area contributed by atoms with Crippen molar-refractivity contribution >= 4 is 11.8 Å². The summed E-state index contributed by atoms with van der Waals surface area (Å²) in [5.41, 5.74) is 1.94. The van der Waals surface area contributed by atoms with Crippen molar-refractivity contribution in [3.05, 3.63) is 11.6 Å². The number of esters is 1. The predicted molar refractivity (Wildman–Crippen MR) is 113 cm³/mol. The van der Waals surface area contributed by atoms with E-state index >= 15 is 0 Å². The van der Waals surface area contributed by atoms with E-state index in [1.165, 1.54) is 69.8 Å². The summed E-state index contributed by atoms with van der Waals surface area (Å²) in [6, 6.07) is 0. The Bertz CT molecular complexity index is 688. The number of fused-ring (bicyclic) bond motifs is 5. The predicted octanol–water partition coefficient (Wildman–Crippen LogP) is 6.01. The van der Waals surface area contributed by atoms with Gasteiger partial charge < -0.3 is 4.74 Å². The van der Waals surface area contributed by atoms with Crippen LogP contribution in [0.2, 0.25) is 0 Å². The Labute approximate surface area is 176 Å². The van der Waals surface area contributed by atoms with Crippen molar-refractivity contribution in [3.63, 3.8) is 0 Å². The van der Waals surface area contributed by atoms with E-state index in [-0.39, 0.29) is 11.8 Å². The largest absolute Gasteiger partial charge is 0.454 e. The van der Waals surface area contributed by atoms with E-state index < -0.39 is 6.10 Å². The summed E-state index contributed by atoms with van der Waals surface area (Å²) < 4.78 is 5.77. The fraction of sp³-hybridized carbons (Fsp3) is 0.846. The molecule has 0 aromatic carbocycles. The molecule has 3 nitrogen and oxygen atoms in total. The van der Waals surface area contributed by atoms with Crippen LogP contribution < -0.4 is 0 Å². The highest BCUT2D eigenvalue weighted by molar-refractivity contribution is 5.96. The second kappa shape index (κ2) is 7.85. The normalized spacial score (nSPS) is 42.0. The lowest BCUT2D eigenvalue weighted by Gasteiger charge is -2.53. The smallest absolute Gasteiger partial charge is 0.306 e. The van der Waals surface area contributed by atoms with Crippen LogP contribution in [0.3, 0.4) is 0 Å². The molecule has 0 aliphatic heterocycles. The lowest BCUT2D eigenvalue weighted by Crippen LogP contribution is -2.46. The second-order valence-corrected chi connectivity index (χ2v) is 11.2. The molecule has 4 saturated carbocycles. The molecule has 0 radical (unpaired) electrons. The van der Waals surface area contributed by atoms with E-state index in [4.69, 9.17) is 4.74 Å². The van der Waals surface area contributed by atoms with Crippen LogP contribution in [0, 0.1) is 35.0 Å². The van der Waals surface area contributed by atoms with Crippen LogP contribution in [-0.4, -0.2) is 17.9 Å². The first-order valence-corrected chi connectivity index (χ1v) is 12.5. The summed E-state index contributed by atoms with van der Waals surface area (Å²) in [5.74, 6) is 3.48. The molecule has 0 heterocycles. The molecule has 6 atom stereocenters. The lowest BCUT2D eigenvalue weighted by atomic mass is 9.52. The van der Waals surface area contributed by atoms with Crippen LogP contribution in [0.15, 0.2) is 11.6 Å². The monoisotopic (exact) mass is 398 g/mol. The zero-order valence-electron chi connectivity index (χ0n) is 18.2. The van der Waals surface area contributed by atoms with Gasteiger partial charge in [-0.15, -0.1) is 0 Å². The van der Waals surface area contributed by atoms with Gasteiger partial charge in [-0.3, -0.25) is 9.59 Å². The van der Waals surface area contributed by atoms with Crippen LogP contribution >= 0.6 is 0 Å². The van der Waals surface area contributed by atoms with Gasteiger partial charge in [0.1, 0.15) is 0 Å². The fourth-order valence-corrected chi connectivity index (χ4v) is 8.09. The zero-order chi connectivity index (χ0) is 20.0. The highest BCUT2D eigenvalue weighted by Crippen LogP contribution is 2.61. The van der Waals surface area contributed by atoms with E-state index in [0.29, 0.717) is 29.6 Å². The molecule has 29 heavy (non-hydrogen) atoms. The van der Waals surface area contributed by atoms with Crippen molar-refractivity contribution in [2.75, 3.05) is 0 Å². The third kappa shape index (κ3) is 3.72. The molecule has 0 N–H and O–H groups in total. The summed E-state index contributed by atoms with van der Waals surface area (Å²) in [7, 11) is 0. The molecule has 0 aromatic heterocycles. The van der Waals surface area contributed by atoms with E-state index in [1.807, 2.05) is 6.08 Å². The number of carbonyl (C=O) groups excluding carboxylic acids is 2. The highest BCUT2D eigenvalue weighted by atomic mass is 16.5. The van der Waals surface area contributed by atoms with Crippen LogP contribution in [0.4, 0.5) is 0 Å². The molecule has 0 saturated heterocycles. The number of hydrogen-bond donors (Lipinski definition) is 0. The average molecular weight is 399 g/mol. The number of ether oxygens (including phenoxy) is 1. The Morgan fingerprint density at radius 3 is 2.72 bits per heavy atom. The Balaban J connectivity index is 1.23. The number of ketones is 1. The minimum atomic E-state index is -0.518. The van der Waals surface area contributed by atoms with Gasteiger partial charge in [0.05, 0.1) is 0 Å². The van der Waals surface area contributed by atoms with Crippen molar-refractivity contribution in [1.29, 1.82) is 0 Å². The summed E-state index contributed by atoms with van der Waals surface area (Å²) in [4.78, 5) is 25.1. The first-order chi connectivity index (χ1) is 14.0. The Kier molecular flexibility index (Phi) is 5.37. The van der Waals surface area contributed by atoms with Crippen molar-refractivity contribution in [3.8, 4) is 0 Å². The van der Waals surface area contributed by atoms with Gasteiger partial charge in [0, 0.05) is 6.42 Å². The molecule has 5 rings (SSSR count). The standard InChI is InChI=1S/C26H38O3/c1-26-13-4-7-22(26)20-10-9-18-15-23(27)24(16-21(18)19(20)12-14-26)29-25(28)11-8-17-5-2-3-6-17/h15,17,19-22,24H,2-14,16H2,1H3/t19-,20+,21-,22-,24?,26-/m0/s1. The van der Waals surface area contributed by atoms with Gasteiger partial charge in [-0.2, -0.15) is 0 Å². The summed E-state index contributed by atoms with van der Waals surface area (Å²) in [5, 5.41) is 0. The summed E-state index contributed by atoms with van der Waals surface area (Å²) >= 11 is 0. The molecule has 0 aromatic rings. The van der Waals surface area contributed by atoms with E-state index in [9.17, 15) is 9.59 Å². The molecule has 5 aliphatic carbocycles. The minimum Gasteiger partial charge on any atom is -0.454 e. The summed E-state index contributed by atoms with van der Waals surface area (Å²) in [6.45, 7) is 2.53. The number of carbonyl (C=O) groups is 2. The Hall–Kier alpha value is -1.12. The maximum atomic E-state index is 12.7. The van der Waals surface area contributed by atoms with Gasteiger partial charge >= 0.3 is 5.97 Å². The minimum absolute atomic E-state index is 0.0467. The first-order valence-electron chi connectivity index (χ1n) is 12.5. The average Bonchev–Trinajstić information content (AvgIpc) is 3.36. The van der Waals surface area contributed by atoms with Gasteiger partial charge in [0.25, 0.3) is 0 Å². The molecule has 0 amide bonds. The number of rotatable bonds is 4. The molecular formula is C26H38O3. The molecular weight excluding hydrogens is 360 g/mol. The first kappa shape index (κ1) is 19.8. The molecule has 0 bridgehead atoms. The van der Waals surface area contributed by atoms with Crippen molar-refractivity contribution in [2.45, 2.75) is 103 Å². The zero-order valence-corrected chi connectivity index (χ0v) is 18.2. The molecule has 1 unspecified atom stereocenters. The van der Waals surface area contributed by atoms with Gasteiger partial charge in [-0.1, -0.05) is 44.6 Å². The topological polar surface area (TPSA) is 43.4 Å². The van der Waals surface area contributed by atoms with Crippen LogP contribution in [0.25, 0.3) is 0 Å². The fourth-order valence-electron chi connectivity index (χ4n) is 8.09. The molecule has 4 fully saturated rings. The quantitative estimate of drug-likeness (QED) is 0.545. The van der Waals surface area contributed by atoms with Crippen LogP contribution in [-0.2, 0) is 14.3 Å². The van der Waals surface area contributed by atoms with E-state index in [2.05, 4.69) is 6.92 Å². The number of hydrogen-bond acceptors (Lipinski definition) is 3.